The third-order valence-electron chi connectivity index (χ3n) is 3.61. The summed E-state index contributed by atoms with van der Waals surface area (Å²) < 4.78 is 6.83. The minimum Gasteiger partial charge on any atom is -0.478 e. The SMILES string of the molecule is CCCc1cc2c(cc1N)cc(OCC(=O)NC)c(=O)n2C. The molecule has 0 saturated heterocycles. The maximum Gasteiger partial charge on any atom is 0.293 e. The van der Waals surface area contributed by atoms with Crippen molar-refractivity contribution in [3.63, 3.8) is 0 Å². The Morgan fingerprint density at radius 3 is 2.73 bits per heavy atom. The van der Waals surface area contributed by atoms with Crippen molar-refractivity contribution < 1.29 is 9.53 Å². The monoisotopic (exact) mass is 303 g/mol. The number of amides is 1. The Hall–Kier alpha value is -2.50. The second kappa shape index (κ2) is 6.51. The fourth-order valence-corrected chi connectivity index (χ4v) is 2.35. The van der Waals surface area contributed by atoms with E-state index in [-0.39, 0.29) is 23.8 Å². The summed E-state index contributed by atoms with van der Waals surface area (Å²) in [6, 6.07) is 5.41. The quantitative estimate of drug-likeness (QED) is 0.813. The lowest BCUT2D eigenvalue weighted by Crippen LogP contribution is -2.27. The van der Waals surface area contributed by atoms with Crippen LogP contribution < -0.4 is 21.3 Å². The molecular weight excluding hydrogens is 282 g/mol. The first-order valence-corrected chi connectivity index (χ1v) is 7.23. The number of hydrogen-bond acceptors (Lipinski definition) is 4. The summed E-state index contributed by atoms with van der Waals surface area (Å²) in [4.78, 5) is 23.6. The normalized spacial score (nSPS) is 10.7. The smallest absolute Gasteiger partial charge is 0.293 e. The Bertz CT molecular complexity index is 765. The lowest BCUT2D eigenvalue weighted by molar-refractivity contribution is -0.122. The summed E-state index contributed by atoms with van der Waals surface area (Å²) in [7, 11) is 3.20. The van der Waals surface area contributed by atoms with Gasteiger partial charge in [-0.3, -0.25) is 9.59 Å². The van der Waals surface area contributed by atoms with Crippen LogP contribution >= 0.6 is 0 Å². The Labute approximate surface area is 128 Å². The van der Waals surface area contributed by atoms with E-state index in [1.165, 1.54) is 11.6 Å². The average molecular weight is 303 g/mol. The molecule has 0 radical (unpaired) electrons. The highest BCUT2D eigenvalue weighted by Crippen LogP contribution is 2.24. The minimum absolute atomic E-state index is 0.140. The predicted molar refractivity (Wildman–Crippen MR) is 87.2 cm³/mol. The van der Waals surface area contributed by atoms with E-state index in [1.807, 2.05) is 12.1 Å². The zero-order valence-corrected chi connectivity index (χ0v) is 13.1. The maximum atomic E-state index is 12.3. The first kappa shape index (κ1) is 15.9. The fourth-order valence-electron chi connectivity index (χ4n) is 2.35. The van der Waals surface area contributed by atoms with Crippen molar-refractivity contribution in [2.45, 2.75) is 19.8 Å². The number of pyridine rings is 1. The number of aromatic nitrogens is 1. The molecule has 1 aromatic carbocycles. The Balaban J connectivity index is 2.50. The zero-order valence-electron chi connectivity index (χ0n) is 13.1. The Morgan fingerprint density at radius 2 is 2.09 bits per heavy atom. The molecule has 2 aromatic rings. The molecule has 0 atom stereocenters. The topological polar surface area (TPSA) is 86.3 Å². The van der Waals surface area contributed by atoms with Crippen molar-refractivity contribution in [2.24, 2.45) is 7.05 Å². The van der Waals surface area contributed by atoms with Crippen molar-refractivity contribution in [2.75, 3.05) is 19.4 Å². The van der Waals surface area contributed by atoms with Crippen LogP contribution in [0.5, 0.6) is 5.75 Å². The summed E-state index contributed by atoms with van der Waals surface area (Å²) in [6.07, 6.45) is 1.85. The highest BCUT2D eigenvalue weighted by atomic mass is 16.5. The lowest BCUT2D eigenvalue weighted by Gasteiger charge is -2.13. The number of carbonyl (C=O) groups is 1. The van der Waals surface area contributed by atoms with Gasteiger partial charge in [0.05, 0.1) is 5.52 Å². The van der Waals surface area contributed by atoms with E-state index in [2.05, 4.69) is 12.2 Å². The molecule has 0 aliphatic rings. The van der Waals surface area contributed by atoms with Crippen LogP contribution in [0.4, 0.5) is 5.69 Å². The molecule has 1 heterocycles. The van der Waals surface area contributed by atoms with Crippen molar-refractivity contribution in [3.8, 4) is 5.75 Å². The lowest BCUT2D eigenvalue weighted by atomic mass is 10.0. The summed E-state index contributed by atoms with van der Waals surface area (Å²) in [5.74, 6) is -0.152. The highest BCUT2D eigenvalue weighted by Gasteiger charge is 2.11. The largest absolute Gasteiger partial charge is 0.478 e. The number of nitrogens with two attached hydrogens (primary N) is 1. The van der Waals surface area contributed by atoms with E-state index < -0.39 is 0 Å². The van der Waals surface area contributed by atoms with Gasteiger partial charge in [-0.15, -0.1) is 0 Å². The van der Waals surface area contributed by atoms with E-state index in [1.54, 1.807) is 13.1 Å². The van der Waals surface area contributed by atoms with E-state index in [9.17, 15) is 9.59 Å². The number of fused-ring (bicyclic) bond motifs is 1. The van der Waals surface area contributed by atoms with Crippen molar-refractivity contribution in [1.82, 2.24) is 9.88 Å². The van der Waals surface area contributed by atoms with Crippen molar-refractivity contribution >= 4 is 22.5 Å². The molecule has 22 heavy (non-hydrogen) atoms. The van der Waals surface area contributed by atoms with Gasteiger partial charge in [0.2, 0.25) is 0 Å². The van der Waals surface area contributed by atoms with Gasteiger partial charge in [0.25, 0.3) is 11.5 Å². The minimum atomic E-state index is -0.292. The van der Waals surface area contributed by atoms with Gasteiger partial charge < -0.3 is 20.4 Å². The van der Waals surface area contributed by atoms with Gasteiger partial charge in [0.1, 0.15) is 0 Å². The van der Waals surface area contributed by atoms with Crippen LogP contribution in [0.15, 0.2) is 23.0 Å². The number of carbonyl (C=O) groups excluding carboxylic acids is 1. The summed E-state index contributed by atoms with van der Waals surface area (Å²) in [6.45, 7) is 1.89. The number of ether oxygens (including phenoxy) is 1. The molecule has 2 rings (SSSR count). The number of nitrogen functional groups attached to an aromatic ring is 1. The first-order valence-electron chi connectivity index (χ1n) is 7.23. The Kier molecular flexibility index (Phi) is 4.70. The zero-order chi connectivity index (χ0) is 16.3. The van der Waals surface area contributed by atoms with Gasteiger partial charge in [-0.25, -0.2) is 0 Å². The first-order chi connectivity index (χ1) is 10.5. The van der Waals surface area contributed by atoms with E-state index in [0.29, 0.717) is 5.69 Å². The van der Waals surface area contributed by atoms with E-state index in [0.717, 1.165) is 29.3 Å². The molecule has 0 bridgehead atoms. The van der Waals surface area contributed by atoms with Crippen LogP contribution in [0.25, 0.3) is 10.9 Å². The number of benzene rings is 1. The molecule has 0 saturated carbocycles. The molecule has 0 fully saturated rings. The highest BCUT2D eigenvalue weighted by molar-refractivity contribution is 5.85. The van der Waals surface area contributed by atoms with Crippen LogP contribution in [0.2, 0.25) is 0 Å². The van der Waals surface area contributed by atoms with Crippen molar-refractivity contribution in [1.29, 1.82) is 0 Å². The molecular formula is C16H21N3O3. The molecule has 0 spiro atoms. The summed E-state index contributed by atoms with van der Waals surface area (Å²) >= 11 is 0. The number of nitrogens with one attached hydrogen (secondary N) is 1. The van der Waals surface area contributed by atoms with Crippen LogP contribution in [0, 0.1) is 0 Å². The van der Waals surface area contributed by atoms with Gasteiger partial charge in [0.15, 0.2) is 12.4 Å². The molecule has 3 N–H and O–H groups in total. The molecule has 6 nitrogen and oxygen atoms in total. The molecule has 0 aliphatic carbocycles. The van der Waals surface area contributed by atoms with E-state index in [4.69, 9.17) is 10.5 Å². The number of nitrogens with zero attached hydrogens (tertiary/aromatic N) is 1. The van der Waals surface area contributed by atoms with Gasteiger partial charge in [0, 0.05) is 25.2 Å². The number of hydrogen-bond donors (Lipinski definition) is 2. The molecule has 0 unspecified atom stereocenters. The fraction of sp³-hybridized carbons (Fsp3) is 0.375. The van der Waals surface area contributed by atoms with Gasteiger partial charge in [-0.2, -0.15) is 0 Å². The van der Waals surface area contributed by atoms with Crippen LogP contribution in [0.3, 0.4) is 0 Å². The number of rotatable bonds is 5. The van der Waals surface area contributed by atoms with Gasteiger partial charge >= 0.3 is 0 Å². The van der Waals surface area contributed by atoms with E-state index >= 15 is 0 Å². The molecule has 6 heteroatoms. The van der Waals surface area contributed by atoms with Crippen LogP contribution in [0.1, 0.15) is 18.9 Å². The van der Waals surface area contributed by atoms with Gasteiger partial charge in [-0.05, 0) is 30.2 Å². The molecule has 1 aromatic heterocycles. The summed E-state index contributed by atoms with van der Waals surface area (Å²) in [5, 5.41) is 3.26. The molecule has 118 valence electrons. The van der Waals surface area contributed by atoms with Crippen LogP contribution in [-0.2, 0) is 18.3 Å². The maximum absolute atomic E-state index is 12.3. The van der Waals surface area contributed by atoms with Gasteiger partial charge in [-0.1, -0.05) is 13.3 Å². The Morgan fingerprint density at radius 1 is 1.36 bits per heavy atom. The third-order valence-corrected chi connectivity index (χ3v) is 3.61. The third kappa shape index (κ3) is 3.05. The predicted octanol–water partition coefficient (Wildman–Crippen LogP) is 1.20. The van der Waals surface area contributed by atoms with Crippen LogP contribution in [-0.4, -0.2) is 24.1 Å². The number of anilines is 1. The number of likely N-dealkylation sites (N-methyl/N-ethyl adjacent to an activating group) is 1. The summed E-state index contributed by atoms with van der Waals surface area (Å²) in [5.41, 5.74) is 8.32. The molecule has 1 amide bonds. The standard InChI is InChI=1S/C16H21N3O3/c1-4-5-10-7-13-11(6-12(10)17)8-14(16(21)19(13)3)22-9-15(20)18-2/h6-8H,4-5,9,17H2,1-3H3,(H,18,20). The average Bonchev–Trinajstić information content (AvgIpc) is 2.51. The van der Waals surface area contributed by atoms with Crippen molar-refractivity contribution in [3.05, 3.63) is 34.1 Å². The molecule has 0 aliphatic heterocycles. The number of aryl methyl sites for hydroxylation is 2. The second-order valence-electron chi connectivity index (χ2n) is 5.19. The second-order valence-corrected chi connectivity index (χ2v) is 5.19.